The smallest absolute Gasteiger partial charge is 0.316 e. The Morgan fingerprint density at radius 2 is 2.25 bits per heavy atom. The van der Waals surface area contributed by atoms with E-state index in [-0.39, 0.29) is 18.2 Å². The number of methoxy groups -OCH3 is 1. The molecule has 2 heterocycles. The van der Waals surface area contributed by atoms with E-state index in [1.807, 2.05) is 13.0 Å². The van der Waals surface area contributed by atoms with Gasteiger partial charge in [0.25, 0.3) is 0 Å². The van der Waals surface area contributed by atoms with Crippen LogP contribution in [0.2, 0.25) is 0 Å². The number of hydrogen-bond acceptors (Lipinski definition) is 4. The fraction of sp³-hybridized carbons (Fsp3) is 0.350. The molecule has 2 bridgehead atoms. The minimum atomic E-state index is -0.557. The molecule has 1 aromatic carbocycles. The summed E-state index contributed by atoms with van der Waals surface area (Å²) in [5.41, 5.74) is 1.55. The van der Waals surface area contributed by atoms with Crippen molar-refractivity contribution < 1.29 is 14.3 Å². The van der Waals surface area contributed by atoms with Gasteiger partial charge in [-0.3, -0.25) is 4.79 Å². The third-order valence-electron chi connectivity index (χ3n) is 4.79. The van der Waals surface area contributed by atoms with Gasteiger partial charge in [0.1, 0.15) is 12.2 Å². The first kappa shape index (κ1) is 15.4. The number of hydrogen-bond donors (Lipinski definition) is 0. The zero-order valence-corrected chi connectivity index (χ0v) is 14.5. The van der Waals surface area contributed by atoms with E-state index in [2.05, 4.69) is 41.5 Å². The molecule has 1 saturated heterocycles. The quantitative estimate of drug-likeness (QED) is 0.618. The molecule has 4 heteroatoms. The van der Waals surface area contributed by atoms with E-state index >= 15 is 0 Å². The van der Waals surface area contributed by atoms with E-state index in [1.165, 1.54) is 15.6 Å². The van der Waals surface area contributed by atoms with Crippen molar-refractivity contribution in [2.75, 3.05) is 7.11 Å². The first-order valence-electron chi connectivity index (χ1n) is 8.01. The van der Waals surface area contributed by atoms with Crippen LogP contribution in [-0.4, -0.2) is 25.3 Å². The fourth-order valence-electron chi connectivity index (χ4n) is 3.52. The van der Waals surface area contributed by atoms with Crippen molar-refractivity contribution in [1.82, 2.24) is 0 Å². The molecule has 122 valence electrons. The summed E-state index contributed by atoms with van der Waals surface area (Å²) in [6.07, 6.45) is 2.82. The number of carbonyl (C=O) groups excluding carboxylic acids is 1. The maximum atomic E-state index is 12.0. The number of rotatable bonds is 2. The monoisotopic (exact) mass is 338 g/mol. The summed E-state index contributed by atoms with van der Waals surface area (Å²) in [5.74, 6) is 6.32. The third kappa shape index (κ3) is 2.45. The van der Waals surface area contributed by atoms with Gasteiger partial charge in [0.15, 0.2) is 0 Å². The van der Waals surface area contributed by atoms with Gasteiger partial charge in [-0.05, 0) is 29.3 Å². The molecule has 0 radical (unpaired) electrons. The second-order valence-electron chi connectivity index (χ2n) is 6.56. The van der Waals surface area contributed by atoms with Gasteiger partial charge in [-0.1, -0.05) is 36.1 Å². The summed E-state index contributed by atoms with van der Waals surface area (Å²) in [6, 6.07) is 8.37. The van der Waals surface area contributed by atoms with Gasteiger partial charge >= 0.3 is 5.97 Å². The summed E-state index contributed by atoms with van der Waals surface area (Å²) in [4.78, 5) is 12.0. The highest BCUT2D eigenvalue weighted by Crippen LogP contribution is 2.43. The Labute approximate surface area is 145 Å². The van der Waals surface area contributed by atoms with E-state index in [9.17, 15) is 4.79 Å². The largest absolute Gasteiger partial charge is 0.459 e. The van der Waals surface area contributed by atoms with Crippen LogP contribution in [-0.2, 0) is 20.7 Å². The highest BCUT2D eigenvalue weighted by Gasteiger charge is 2.51. The molecule has 1 aliphatic heterocycles. The maximum Gasteiger partial charge on any atom is 0.316 e. The van der Waals surface area contributed by atoms with Crippen LogP contribution in [0.25, 0.3) is 10.1 Å². The highest BCUT2D eigenvalue weighted by molar-refractivity contribution is 7.17. The predicted octanol–water partition coefficient (Wildman–Crippen LogP) is 3.72. The molecule has 2 aromatic rings. The van der Waals surface area contributed by atoms with E-state index < -0.39 is 5.41 Å². The minimum absolute atomic E-state index is 0.171. The number of ether oxygens (including phenoxy) is 2. The molecule has 4 rings (SSSR count). The second kappa shape index (κ2) is 5.77. The first-order chi connectivity index (χ1) is 11.6. The summed E-state index contributed by atoms with van der Waals surface area (Å²) in [6.45, 7) is 1.91. The number of carbonyl (C=O) groups is 1. The number of thiophene rings is 1. The average molecular weight is 338 g/mol. The van der Waals surface area contributed by atoms with Gasteiger partial charge in [-0.25, -0.2) is 0 Å². The first-order valence-corrected chi connectivity index (χ1v) is 8.89. The zero-order chi connectivity index (χ0) is 16.7. The summed E-state index contributed by atoms with van der Waals surface area (Å²) < 4.78 is 12.3. The summed E-state index contributed by atoms with van der Waals surface area (Å²) >= 11 is 1.74. The molecule has 0 spiro atoms. The normalized spacial score (nSPS) is 28.2. The molecular formula is C20H18O3S. The van der Waals surface area contributed by atoms with Gasteiger partial charge in [0, 0.05) is 30.2 Å². The van der Waals surface area contributed by atoms with Crippen molar-refractivity contribution in [1.29, 1.82) is 0 Å². The lowest BCUT2D eigenvalue weighted by Gasteiger charge is -2.26. The summed E-state index contributed by atoms with van der Waals surface area (Å²) in [5, 5.41) is 3.43. The van der Waals surface area contributed by atoms with Gasteiger partial charge in [0.05, 0.1) is 5.41 Å². The maximum absolute atomic E-state index is 12.0. The number of benzene rings is 1. The molecule has 0 N–H and O–H groups in total. The van der Waals surface area contributed by atoms with E-state index in [0.29, 0.717) is 12.8 Å². The standard InChI is InChI=1S/C20H18O3S/c1-20-10-13(18(22-2)16(11-20)23-19(20)21)6-5-7-14-12-24-17-9-4-3-8-15(14)17/h3-4,8-10,12,16,18H,7,11H2,1-2H3. The molecule has 1 fully saturated rings. The lowest BCUT2D eigenvalue weighted by molar-refractivity contribution is -0.148. The third-order valence-corrected chi connectivity index (χ3v) is 5.81. The molecule has 3 nitrogen and oxygen atoms in total. The molecule has 3 atom stereocenters. The van der Waals surface area contributed by atoms with Crippen molar-refractivity contribution >= 4 is 27.4 Å². The van der Waals surface area contributed by atoms with Crippen molar-refractivity contribution in [3.8, 4) is 11.8 Å². The predicted molar refractivity (Wildman–Crippen MR) is 94.8 cm³/mol. The van der Waals surface area contributed by atoms with E-state index in [0.717, 1.165) is 5.57 Å². The Morgan fingerprint density at radius 3 is 3.08 bits per heavy atom. The SMILES string of the molecule is COC1C(C#CCc2csc3ccccc23)=CC2(C)CC1OC2=O. The van der Waals surface area contributed by atoms with Crippen molar-refractivity contribution in [2.45, 2.75) is 32.0 Å². The van der Waals surface area contributed by atoms with Crippen LogP contribution in [0.3, 0.4) is 0 Å². The molecule has 0 saturated carbocycles. The topological polar surface area (TPSA) is 35.5 Å². The van der Waals surface area contributed by atoms with E-state index in [1.54, 1.807) is 18.4 Å². The van der Waals surface area contributed by atoms with Gasteiger partial charge in [-0.15, -0.1) is 11.3 Å². The van der Waals surface area contributed by atoms with E-state index in [4.69, 9.17) is 9.47 Å². The van der Waals surface area contributed by atoms with Crippen molar-refractivity contribution in [2.24, 2.45) is 5.41 Å². The van der Waals surface area contributed by atoms with Crippen molar-refractivity contribution in [3.63, 3.8) is 0 Å². The van der Waals surface area contributed by atoms with Gasteiger partial charge < -0.3 is 9.47 Å². The second-order valence-corrected chi connectivity index (χ2v) is 7.47. The molecule has 0 amide bonds. The number of fused-ring (bicyclic) bond motifs is 3. The molecule has 2 aliphatic rings. The Balaban J connectivity index is 1.61. The minimum Gasteiger partial charge on any atom is -0.459 e. The molecule has 1 aromatic heterocycles. The Kier molecular flexibility index (Phi) is 3.71. The van der Waals surface area contributed by atoms with Crippen LogP contribution in [0.1, 0.15) is 18.9 Å². The Bertz CT molecular complexity index is 898. The Morgan fingerprint density at radius 1 is 1.42 bits per heavy atom. The molecule has 1 aliphatic carbocycles. The zero-order valence-electron chi connectivity index (χ0n) is 13.7. The number of esters is 1. The Hall–Kier alpha value is -2.09. The van der Waals surface area contributed by atoms with Crippen LogP contribution in [0.5, 0.6) is 0 Å². The lowest BCUT2D eigenvalue weighted by atomic mass is 9.78. The van der Waals surface area contributed by atoms with Crippen molar-refractivity contribution in [3.05, 3.63) is 46.9 Å². The van der Waals surface area contributed by atoms with Gasteiger partial charge in [-0.2, -0.15) is 0 Å². The van der Waals surface area contributed by atoms with Crippen LogP contribution >= 0.6 is 11.3 Å². The molecular weight excluding hydrogens is 320 g/mol. The van der Waals surface area contributed by atoms with Crippen LogP contribution < -0.4 is 0 Å². The van der Waals surface area contributed by atoms with Gasteiger partial charge in [0.2, 0.25) is 0 Å². The molecule has 3 unspecified atom stereocenters. The average Bonchev–Trinajstić information content (AvgIpc) is 3.08. The highest BCUT2D eigenvalue weighted by atomic mass is 32.1. The van der Waals surface area contributed by atoms with Crippen LogP contribution in [0.15, 0.2) is 41.3 Å². The summed E-state index contributed by atoms with van der Waals surface area (Å²) in [7, 11) is 1.64. The van der Waals surface area contributed by atoms with Crippen LogP contribution in [0.4, 0.5) is 0 Å². The molecule has 24 heavy (non-hydrogen) atoms. The lowest BCUT2D eigenvalue weighted by Crippen LogP contribution is -2.33. The fourth-order valence-corrected chi connectivity index (χ4v) is 4.49. The van der Waals surface area contributed by atoms with Crippen LogP contribution in [0, 0.1) is 17.3 Å².